The summed E-state index contributed by atoms with van der Waals surface area (Å²) in [4.78, 5) is 65.3. The van der Waals surface area contributed by atoms with Crippen molar-refractivity contribution in [3.63, 3.8) is 0 Å². The zero-order valence-corrected chi connectivity index (χ0v) is 18.1. The van der Waals surface area contributed by atoms with Gasteiger partial charge in [-0.2, -0.15) is 0 Å². The van der Waals surface area contributed by atoms with Crippen LogP contribution in [0.4, 0.5) is 5.69 Å². The minimum absolute atomic E-state index is 0.00565. The highest BCUT2D eigenvalue weighted by Gasteiger charge is 2.44. The Morgan fingerprint density at radius 2 is 1.76 bits per heavy atom. The first kappa shape index (κ1) is 22.9. The fourth-order valence-corrected chi connectivity index (χ4v) is 4.34. The van der Waals surface area contributed by atoms with Gasteiger partial charge in [0.15, 0.2) is 0 Å². The zero-order valence-electron chi connectivity index (χ0n) is 18.1. The first-order chi connectivity index (χ1) is 15.8. The highest BCUT2D eigenvalue weighted by Crippen LogP contribution is 2.31. The first-order valence-electron chi connectivity index (χ1n) is 11.0. The molecule has 3 aliphatic heterocycles. The third kappa shape index (κ3) is 4.88. The van der Waals surface area contributed by atoms with Gasteiger partial charge in [-0.3, -0.25) is 39.1 Å². The number of rotatable bonds is 8. The van der Waals surface area contributed by atoms with Crippen molar-refractivity contribution in [3.8, 4) is 0 Å². The molecule has 2 N–H and O–H groups in total. The van der Waals surface area contributed by atoms with Crippen LogP contribution < -0.4 is 10.2 Å². The van der Waals surface area contributed by atoms with E-state index in [1.54, 1.807) is 12.1 Å². The van der Waals surface area contributed by atoms with Crippen LogP contribution in [-0.4, -0.2) is 96.5 Å². The van der Waals surface area contributed by atoms with Gasteiger partial charge in [-0.25, -0.2) is 0 Å². The quantitative estimate of drug-likeness (QED) is 0.397. The fraction of sp³-hybridized carbons (Fsp3) is 0.500. The molecule has 1 aromatic rings. The normalized spacial score (nSPS) is 21.4. The van der Waals surface area contributed by atoms with Crippen LogP contribution in [0.3, 0.4) is 0 Å². The van der Waals surface area contributed by atoms with Gasteiger partial charge in [0, 0.05) is 44.8 Å². The number of carbonyl (C=O) groups is 5. The lowest BCUT2D eigenvalue weighted by molar-refractivity contribution is -0.138. The number of nitrogens with zero attached hydrogens (tertiary/aromatic N) is 3. The molecule has 0 radical (unpaired) electrons. The van der Waals surface area contributed by atoms with Crippen LogP contribution in [0, 0.1) is 0 Å². The number of hydrogen-bond donors (Lipinski definition) is 2. The summed E-state index contributed by atoms with van der Waals surface area (Å²) >= 11 is 0. The maximum absolute atomic E-state index is 13.0. The van der Waals surface area contributed by atoms with Gasteiger partial charge in [-0.1, -0.05) is 0 Å². The van der Waals surface area contributed by atoms with Gasteiger partial charge in [-0.15, -0.1) is 0 Å². The van der Waals surface area contributed by atoms with Gasteiger partial charge >= 0.3 is 5.97 Å². The lowest BCUT2D eigenvalue weighted by atomic mass is 10.0. The Kier molecular flexibility index (Phi) is 6.70. The molecule has 2 saturated heterocycles. The molecule has 176 valence electrons. The minimum atomic E-state index is -0.972. The number of piperazine rings is 1. The van der Waals surface area contributed by atoms with E-state index in [1.165, 1.54) is 0 Å². The summed E-state index contributed by atoms with van der Waals surface area (Å²) in [5.41, 5.74) is 1.37. The van der Waals surface area contributed by atoms with E-state index in [2.05, 4.69) is 15.1 Å². The molecule has 11 heteroatoms. The van der Waals surface area contributed by atoms with Crippen LogP contribution in [0.2, 0.25) is 0 Å². The van der Waals surface area contributed by atoms with Crippen LogP contribution in [-0.2, 0) is 19.1 Å². The number of imide groups is 2. The fourth-order valence-electron chi connectivity index (χ4n) is 4.34. The highest BCUT2D eigenvalue weighted by atomic mass is 16.5. The maximum atomic E-state index is 13.0. The number of ether oxygens (including phenoxy) is 1. The number of benzene rings is 1. The Morgan fingerprint density at radius 3 is 2.45 bits per heavy atom. The van der Waals surface area contributed by atoms with E-state index in [0.717, 1.165) is 36.8 Å². The van der Waals surface area contributed by atoms with Gasteiger partial charge in [0.25, 0.3) is 11.8 Å². The Hall–Kier alpha value is -3.31. The van der Waals surface area contributed by atoms with E-state index in [-0.39, 0.29) is 37.0 Å². The van der Waals surface area contributed by atoms with Crippen molar-refractivity contribution in [2.24, 2.45) is 0 Å². The van der Waals surface area contributed by atoms with Gasteiger partial charge < -0.3 is 14.7 Å². The van der Waals surface area contributed by atoms with E-state index in [0.29, 0.717) is 13.2 Å². The average molecular weight is 458 g/mol. The number of anilines is 1. The number of fused-ring (bicyclic) bond motifs is 1. The Morgan fingerprint density at radius 1 is 1.03 bits per heavy atom. The van der Waals surface area contributed by atoms with E-state index < -0.39 is 35.6 Å². The summed E-state index contributed by atoms with van der Waals surface area (Å²) in [6.07, 6.45) is 0.212. The Balaban J connectivity index is 1.35. The molecule has 33 heavy (non-hydrogen) atoms. The molecule has 0 aromatic heterocycles. The number of carbonyl (C=O) groups excluding carboxylic acids is 4. The van der Waals surface area contributed by atoms with Gasteiger partial charge in [0.1, 0.15) is 6.04 Å². The number of aliphatic carboxylic acids is 1. The van der Waals surface area contributed by atoms with E-state index in [4.69, 9.17) is 9.84 Å². The average Bonchev–Trinajstić information content (AvgIpc) is 3.03. The van der Waals surface area contributed by atoms with Crippen molar-refractivity contribution >= 4 is 35.3 Å². The third-order valence-electron chi connectivity index (χ3n) is 6.17. The molecular weight excluding hydrogens is 432 g/mol. The number of amides is 4. The van der Waals surface area contributed by atoms with E-state index >= 15 is 0 Å². The zero-order chi connectivity index (χ0) is 23.5. The van der Waals surface area contributed by atoms with Crippen molar-refractivity contribution in [3.05, 3.63) is 29.3 Å². The van der Waals surface area contributed by atoms with Gasteiger partial charge in [-0.05, 0) is 24.6 Å². The molecule has 0 aliphatic carbocycles. The van der Waals surface area contributed by atoms with Crippen LogP contribution >= 0.6 is 0 Å². The number of hydrogen-bond acceptors (Lipinski definition) is 8. The standard InChI is InChI=1S/C22H26N4O7/c27-18-4-3-17(20(30)23-18)26-21(31)15-2-1-14(13-16(15)22(26)32)25-8-6-24(7-9-25)10-12-33-11-5-19(28)29/h1-2,13,17H,3-12H2,(H,28,29)(H,23,27,30). The second-order valence-corrected chi connectivity index (χ2v) is 8.26. The molecule has 3 heterocycles. The van der Waals surface area contributed by atoms with Crippen molar-refractivity contribution in [2.45, 2.75) is 25.3 Å². The molecule has 4 amide bonds. The van der Waals surface area contributed by atoms with Crippen molar-refractivity contribution < 1.29 is 33.8 Å². The van der Waals surface area contributed by atoms with Crippen molar-refractivity contribution in [2.75, 3.05) is 50.8 Å². The van der Waals surface area contributed by atoms with Gasteiger partial charge in [0.05, 0.1) is 30.8 Å². The van der Waals surface area contributed by atoms with E-state index in [9.17, 15) is 24.0 Å². The van der Waals surface area contributed by atoms with Crippen molar-refractivity contribution in [1.29, 1.82) is 0 Å². The maximum Gasteiger partial charge on any atom is 0.305 e. The molecule has 3 aliphatic rings. The summed E-state index contributed by atoms with van der Waals surface area (Å²) in [5, 5.41) is 10.8. The summed E-state index contributed by atoms with van der Waals surface area (Å²) in [7, 11) is 0. The number of carboxylic acids is 1. The van der Waals surface area contributed by atoms with Crippen molar-refractivity contribution in [1.82, 2.24) is 15.1 Å². The first-order valence-corrected chi connectivity index (χ1v) is 11.0. The minimum Gasteiger partial charge on any atom is -0.481 e. The third-order valence-corrected chi connectivity index (χ3v) is 6.17. The number of piperidine rings is 1. The van der Waals surface area contributed by atoms with Crippen LogP contribution in [0.1, 0.15) is 40.0 Å². The second kappa shape index (κ2) is 9.67. The molecule has 1 atom stereocenters. The number of carboxylic acid groups (broad SMARTS) is 1. The molecule has 1 aromatic carbocycles. The summed E-state index contributed by atoms with van der Waals surface area (Å²) < 4.78 is 5.35. The molecular formula is C22H26N4O7. The summed E-state index contributed by atoms with van der Waals surface area (Å²) in [6.45, 7) is 4.42. The van der Waals surface area contributed by atoms with Crippen LogP contribution in [0.5, 0.6) is 0 Å². The number of nitrogens with one attached hydrogen (secondary N) is 1. The lowest BCUT2D eigenvalue weighted by Gasteiger charge is -2.36. The lowest BCUT2D eigenvalue weighted by Crippen LogP contribution is -2.54. The Bertz CT molecular complexity index is 987. The molecule has 0 bridgehead atoms. The summed E-state index contributed by atoms with van der Waals surface area (Å²) in [6, 6.07) is 4.16. The van der Waals surface area contributed by atoms with E-state index in [1.807, 2.05) is 6.07 Å². The molecule has 0 spiro atoms. The predicted octanol–water partition coefficient (Wildman–Crippen LogP) is -0.299. The molecule has 11 nitrogen and oxygen atoms in total. The molecule has 4 rings (SSSR count). The summed E-state index contributed by atoms with van der Waals surface area (Å²) in [5.74, 6) is -2.92. The predicted molar refractivity (Wildman–Crippen MR) is 115 cm³/mol. The highest BCUT2D eigenvalue weighted by molar-refractivity contribution is 6.23. The van der Waals surface area contributed by atoms with Gasteiger partial charge in [0.2, 0.25) is 11.8 Å². The smallest absolute Gasteiger partial charge is 0.305 e. The Labute approximate surface area is 190 Å². The molecule has 1 unspecified atom stereocenters. The largest absolute Gasteiger partial charge is 0.481 e. The SMILES string of the molecule is O=C(O)CCOCCN1CCN(c2ccc3c(c2)C(=O)N(C2CCC(=O)NC2=O)C3=O)CC1. The monoisotopic (exact) mass is 458 g/mol. The topological polar surface area (TPSA) is 137 Å². The molecule has 2 fully saturated rings. The van der Waals surface area contributed by atoms with Crippen LogP contribution in [0.25, 0.3) is 0 Å². The molecule has 0 saturated carbocycles. The van der Waals surface area contributed by atoms with Crippen LogP contribution in [0.15, 0.2) is 18.2 Å². The second-order valence-electron chi connectivity index (χ2n) is 8.26.